The molecule has 30 heavy (non-hydrogen) atoms. The lowest BCUT2D eigenvalue weighted by Gasteiger charge is -2.30. The second-order valence-electron chi connectivity index (χ2n) is 7.92. The van der Waals surface area contributed by atoms with Crippen LogP contribution in [0.5, 0.6) is 0 Å². The van der Waals surface area contributed by atoms with Crippen molar-refractivity contribution in [1.29, 1.82) is 0 Å². The Morgan fingerprint density at radius 3 is 2.63 bits per heavy atom. The zero-order chi connectivity index (χ0) is 21.3. The SMILES string of the molecule is CCS(=O)(=O)N1CCC(c2c[nH]c3ccc(-c4cc(CNC)ccc4F)cc23)CC1. The first-order valence-electron chi connectivity index (χ1n) is 10.4. The number of aromatic amines is 1. The van der Waals surface area contributed by atoms with Crippen molar-refractivity contribution in [2.75, 3.05) is 25.9 Å². The largest absolute Gasteiger partial charge is 0.361 e. The van der Waals surface area contributed by atoms with Crippen LogP contribution in [0.25, 0.3) is 22.0 Å². The highest BCUT2D eigenvalue weighted by Gasteiger charge is 2.28. The quantitative estimate of drug-likeness (QED) is 0.617. The van der Waals surface area contributed by atoms with E-state index in [1.807, 2.05) is 31.4 Å². The van der Waals surface area contributed by atoms with E-state index >= 15 is 0 Å². The highest BCUT2D eigenvalue weighted by atomic mass is 32.2. The van der Waals surface area contributed by atoms with Crippen LogP contribution in [0.15, 0.2) is 42.6 Å². The van der Waals surface area contributed by atoms with Gasteiger partial charge in [-0.25, -0.2) is 17.1 Å². The van der Waals surface area contributed by atoms with Crippen molar-refractivity contribution in [3.8, 4) is 11.1 Å². The lowest BCUT2D eigenvalue weighted by atomic mass is 9.89. The first-order chi connectivity index (χ1) is 14.4. The van der Waals surface area contributed by atoms with Gasteiger partial charge in [0, 0.05) is 42.3 Å². The molecule has 2 N–H and O–H groups in total. The third-order valence-corrected chi connectivity index (χ3v) is 7.97. The van der Waals surface area contributed by atoms with E-state index in [9.17, 15) is 12.8 Å². The van der Waals surface area contributed by atoms with Crippen molar-refractivity contribution in [2.24, 2.45) is 0 Å². The molecule has 0 atom stereocenters. The highest BCUT2D eigenvalue weighted by Crippen LogP contribution is 2.36. The summed E-state index contributed by atoms with van der Waals surface area (Å²) in [7, 11) is -1.26. The van der Waals surface area contributed by atoms with Gasteiger partial charge >= 0.3 is 0 Å². The van der Waals surface area contributed by atoms with Crippen LogP contribution in [0.2, 0.25) is 0 Å². The van der Waals surface area contributed by atoms with Gasteiger partial charge in [-0.1, -0.05) is 12.1 Å². The van der Waals surface area contributed by atoms with Crippen molar-refractivity contribution < 1.29 is 12.8 Å². The smallest absolute Gasteiger partial charge is 0.213 e. The molecule has 1 aliphatic heterocycles. The summed E-state index contributed by atoms with van der Waals surface area (Å²) in [4.78, 5) is 3.33. The molecule has 0 spiro atoms. The van der Waals surface area contributed by atoms with Crippen LogP contribution in [0.3, 0.4) is 0 Å². The van der Waals surface area contributed by atoms with Crippen molar-refractivity contribution in [2.45, 2.75) is 32.2 Å². The van der Waals surface area contributed by atoms with Gasteiger partial charge < -0.3 is 10.3 Å². The normalized spacial score (nSPS) is 16.4. The fourth-order valence-electron chi connectivity index (χ4n) is 4.38. The minimum Gasteiger partial charge on any atom is -0.361 e. The number of fused-ring (bicyclic) bond motifs is 1. The zero-order valence-corrected chi connectivity index (χ0v) is 18.2. The van der Waals surface area contributed by atoms with Crippen LogP contribution in [0, 0.1) is 5.82 Å². The first-order valence-corrected chi connectivity index (χ1v) is 12.1. The second kappa shape index (κ2) is 8.49. The maximum absolute atomic E-state index is 14.6. The fraction of sp³-hybridized carbons (Fsp3) is 0.391. The molecule has 2 heterocycles. The number of hydrogen-bond donors (Lipinski definition) is 2. The van der Waals surface area contributed by atoms with Gasteiger partial charge in [0.1, 0.15) is 5.82 Å². The number of sulfonamides is 1. The molecule has 1 saturated heterocycles. The molecule has 160 valence electrons. The minimum absolute atomic E-state index is 0.145. The predicted molar refractivity (Wildman–Crippen MR) is 119 cm³/mol. The van der Waals surface area contributed by atoms with Crippen molar-refractivity contribution in [3.05, 3.63) is 59.5 Å². The Balaban J connectivity index is 1.64. The van der Waals surface area contributed by atoms with E-state index in [1.165, 1.54) is 11.6 Å². The molecule has 5 nitrogen and oxygen atoms in total. The summed E-state index contributed by atoms with van der Waals surface area (Å²) in [5.41, 5.74) is 4.69. The van der Waals surface area contributed by atoms with Gasteiger partial charge in [0.2, 0.25) is 10.0 Å². The molecule has 0 saturated carbocycles. The molecule has 0 unspecified atom stereocenters. The number of H-pyrrole nitrogens is 1. The van der Waals surface area contributed by atoms with Crippen LogP contribution in [-0.4, -0.2) is 43.6 Å². The average molecular weight is 430 g/mol. The molecule has 1 fully saturated rings. The van der Waals surface area contributed by atoms with Crippen LogP contribution in [0.4, 0.5) is 4.39 Å². The molecule has 1 aromatic heterocycles. The molecular weight excluding hydrogens is 401 g/mol. The van der Waals surface area contributed by atoms with Gasteiger partial charge in [0.15, 0.2) is 0 Å². The van der Waals surface area contributed by atoms with E-state index in [0.29, 0.717) is 25.2 Å². The fourth-order valence-corrected chi connectivity index (χ4v) is 5.52. The van der Waals surface area contributed by atoms with E-state index < -0.39 is 10.0 Å². The molecule has 0 aliphatic carbocycles. The monoisotopic (exact) mass is 429 g/mol. The summed E-state index contributed by atoms with van der Waals surface area (Å²) in [5.74, 6) is 0.203. The number of hydrogen-bond acceptors (Lipinski definition) is 3. The molecular formula is C23H28FN3O2S. The zero-order valence-electron chi connectivity index (χ0n) is 17.4. The van der Waals surface area contributed by atoms with E-state index in [2.05, 4.69) is 16.4 Å². The summed E-state index contributed by atoms with van der Waals surface area (Å²) in [6.07, 6.45) is 3.61. The van der Waals surface area contributed by atoms with Crippen molar-refractivity contribution in [1.82, 2.24) is 14.6 Å². The van der Waals surface area contributed by atoms with Gasteiger partial charge in [-0.15, -0.1) is 0 Å². The number of piperidine rings is 1. The number of nitrogens with one attached hydrogen (secondary N) is 2. The van der Waals surface area contributed by atoms with Gasteiger partial charge in [-0.2, -0.15) is 0 Å². The molecule has 3 aromatic rings. The Kier molecular flexibility index (Phi) is 5.95. The van der Waals surface area contributed by atoms with Gasteiger partial charge in [-0.3, -0.25) is 0 Å². The molecule has 4 rings (SSSR count). The number of rotatable bonds is 6. The Hall–Kier alpha value is -2.22. The first kappa shape index (κ1) is 21.0. The van der Waals surface area contributed by atoms with Crippen LogP contribution in [0.1, 0.15) is 36.8 Å². The van der Waals surface area contributed by atoms with E-state index in [4.69, 9.17) is 0 Å². The maximum Gasteiger partial charge on any atom is 0.213 e. The Labute approximate surface area is 177 Å². The number of aromatic nitrogens is 1. The Bertz CT molecular complexity index is 1150. The third kappa shape index (κ3) is 4.02. The van der Waals surface area contributed by atoms with E-state index in [1.54, 1.807) is 17.3 Å². The van der Waals surface area contributed by atoms with E-state index in [-0.39, 0.29) is 17.5 Å². The molecule has 0 amide bonds. The Morgan fingerprint density at radius 1 is 1.17 bits per heavy atom. The van der Waals surface area contributed by atoms with Crippen LogP contribution < -0.4 is 5.32 Å². The summed E-state index contributed by atoms with van der Waals surface area (Å²) >= 11 is 0. The number of benzene rings is 2. The van der Waals surface area contributed by atoms with Gasteiger partial charge in [0.05, 0.1) is 5.75 Å². The molecule has 2 aromatic carbocycles. The summed E-state index contributed by atoms with van der Waals surface area (Å²) < 4.78 is 40.5. The topological polar surface area (TPSA) is 65.2 Å². The predicted octanol–water partition coefficient (Wildman–Crippen LogP) is 4.22. The lowest BCUT2D eigenvalue weighted by molar-refractivity contribution is 0.321. The third-order valence-electron chi connectivity index (χ3n) is 6.09. The molecule has 0 radical (unpaired) electrons. The van der Waals surface area contributed by atoms with Crippen LogP contribution >= 0.6 is 0 Å². The maximum atomic E-state index is 14.6. The molecule has 7 heteroatoms. The minimum atomic E-state index is -3.13. The lowest BCUT2D eigenvalue weighted by Crippen LogP contribution is -2.38. The van der Waals surface area contributed by atoms with Gasteiger partial charge in [0.25, 0.3) is 0 Å². The summed E-state index contributed by atoms with van der Waals surface area (Å²) in [6.45, 7) is 3.47. The van der Waals surface area contributed by atoms with E-state index in [0.717, 1.165) is 34.9 Å². The summed E-state index contributed by atoms with van der Waals surface area (Å²) in [5, 5.41) is 4.19. The summed E-state index contributed by atoms with van der Waals surface area (Å²) in [6, 6.07) is 11.2. The second-order valence-corrected chi connectivity index (χ2v) is 10.2. The molecule has 1 aliphatic rings. The number of nitrogens with zero attached hydrogens (tertiary/aromatic N) is 1. The van der Waals surface area contributed by atoms with Gasteiger partial charge in [-0.05, 0) is 73.7 Å². The highest BCUT2D eigenvalue weighted by molar-refractivity contribution is 7.89. The van der Waals surface area contributed by atoms with Crippen molar-refractivity contribution >= 4 is 20.9 Å². The van der Waals surface area contributed by atoms with Crippen LogP contribution in [-0.2, 0) is 16.6 Å². The molecule has 0 bridgehead atoms. The Morgan fingerprint density at radius 2 is 1.93 bits per heavy atom. The standard InChI is InChI=1S/C23H28FN3O2S/c1-3-30(28,29)27-10-8-17(9-11-27)21-15-26-23-7-5-18(13-20(21)23)19-12-16(14-25-2)4-6-22(19)24/h4-7,12-13,15,17,25-26H,3,8-11,14H2,1-2H3. The average Bonchev–Trinajstić information content (AvgIpc) is 3.18. The number of halogens is 1. The van der Waals surface area contributed by atoms with Crippen molar-refractivity contribution in [3.63, 3.8) is 0 Å².